The Bertz CT molecular complexity index is 1210. The minimum absolute atomic E-state index is 0.00594. The summed E-state index contributed by atoms with van der Waals surface area (Å²) in [6, 6.07) is 10.1. The third-order valence-corrected chi connectivity index (χ3v) is 5.11. The van der Waals surface area contributed by atoms with Gasteiger partial charge in [0.15, 0.2) is 18.1 Å². The molecular weight excluding hydrogens is 404 g/mol. The Balaban J connectivity index is 1.79. The number of hydrogen-bond acceptors (Lipinski definition) is 7. The number of rotatable bonds is 4. The van der Waals surface area contributed by atoms with Gasteiger partial charge in [0.25, 0.3) is 5.91 Å². The molecule has 0 spiro atoms. The summed E-state index contributed by atoms with van der Waals surface area (Å²) in [5, 5.41) is 28.5. The Kier molecular flexibility index (Phi) is 5.28. The van der Waals surface area contributed by atoms with Crippen molar-refractivity contribution in [1.82, 2.24) is 4.68 Å². The van der Waals surface area contributed by atoms with E-state index in [2.05, 4.69) is 15.4 Å². The molecule has 0 radical (unpaired) electrons. The molecule has 2 aromatic carbocycles. The molecule has 0 saturated carbocycles. The Morgan fingerprint density at radius 2 is 2.03 bits per heavy atom. The third kappa shape index (κ3) is 4.06. The average Bonchev–Trinajstić information content (AvgIpc) is 3.10. The van der Waals surface area contributed by atoms with Crippen molar-refractivity contribution in [3.8, 4) is 28.5 Å². The van der Waals surface area contributed by atoms with Crippen molar-refractivity contribution in [2.75, 3.05) is 11.9 Å². The number of ether oxygens (including phenoxy) is 1. The van der Waals surface area contributed by atoms with Crippen LogP contribution < -0.4 is 14.9 Å². The lowest BCUT2D eigenvalue weighted by Gasteiger charge is -2.18. The second kappa shape index (κ2) is 8.03. The molecule has 1 aromatic heterocycles. The predicted molar refractivity (Wildman–Crippen MR) is 115 cm³/mol. The van der Waals surface area contributed by atoms with Crippen molar-refractivity contribution in [2.24, 2.45) is 10.1 Å². The van der Waals surface area contributed by atoms with Gasteiger partial charge in [0.2, 0.25) is 4.80 Å². The first-order valence-electron chi connectivity index (χ1n) is 9.28. The Hall–Kier alpha value is -3.59. The molecule has 0 fully saturated rings. The van der Waals surface area contributed by atoms with Gasteiger partial charge in [0.1, 0.15) is 5.75 Å². The number of thiazole rings is 1. The largest absolute Gasteiger partial charge is 0.504 e. The van der Waals surface area contributed by atoms with Crippen LogP contribution in [-0.4, -0.2) is 39.7 Å². The number of hydrogen-bond donors (Lipinski definition) is 3. The van der Waals surface area contributed by atoms with Gasteiger partial charge in [0.05, 0.1) is 17.6 Å². The fourth-order valence-electron chi connectivity index (χ4n) is 2.91. The first kappa shape index (κ1) is 19.7. The van der Waals surface area contributed by atoms with Crippen molar-refractivity contribution in [2.45, 2.75) is 19.9 Å². The van der Waals surface area contributed by atoms with Crippen LogP contribution in [0, 0.1) is 0 Å². The number of amides is 1. The van der Waals surface area contributed by atoms with E-state index in [0.29, 0.717) is 21.8 Å². The van der Waals surface area contributed by atoms with Gasteiger partial charge in [-0.15, -0.1) is 11.3 Å². The van der Waals surface area contributed by atoms with Crippen LogP contribution in [0.25, 0.3) is 11.3 Å². The maximum Gasteiger partial charge on any atom is 0.262 e. The van der Waals surface area contributed by atoms with Crippen LogP contribution in [-0.2, 0) is 4.79 Å². The Labute approximate surface area is 176 Å². The Morgan fingerprint density at radius 3 is 2.80 bits per heavy atom. The summed E-state index contributed by atoms with van der Waals surface area (Å²) in [4.78, 5) is 17.0. The van der Waals surface area contributed by atoms with Crippen LogP contribution in [0.5, 0.6) is 17.2 Å². The van der Waals surface area contributed by atoms with E-state index in [0.717, 1.165) is 11.3 Å². The quantitative estimate of drug-likeness (QED) is 0.442. The smallest absolute Gasteiger partial charge is 0.262 e. The van der Waals surface area contributed by atoms with Crippen molar-refractivity contribution in [3.63, 3.8) is 0 Å². The maximum absolute atomic E-state index is 11.7. The van der Waals surface area contributed by atoms with E-state index >= 15 is 0 Å². The van der Waals surface area contributed by atoms with Gasteiger partial charge in [0, 0.05) is 17.0 Å². The molecule has 3 aromatic rings. The highest BCUT2D eigenvalue weighted by atomic mass is 32.1. The molecule has 154 valence electrons. The molecule has 4 rings (SSSR count). The summed E-state index contributed by atoms with van der Waals surface area (Å²) in [5.74, 6) is 0.0191. The van der Waals surface area contributed by atoms with Gasteiger partial charge in [-0.05, 0) is 55.8 Å². The molecule has 8 nitrogen and oxygen atoms in total. The van der Waals surface area contributed by atoms with Crippen LogP contribution in [0.15, 0.2) is 51.9 Å². The molecule has 1 aliphatic rings. The maximum atomic E-state index is 11.7. The minimum atomic E-state index is -0.216. The van der Waals surface area contributed by atoms with Crippen LogP contribution in [0.1, 0.15) is 19.4 Å². The lowest BCUT2D eigenvalue weighted by atomic mass is 10.1. The average molecular weight is 424 g/mol. The molecular formula is C21H20N4O4S. The van der Waals surface area contributed by atoms with Gasteiger partial charge < -0.3 is 20.3 Å². The minimum Gasteiger partial charge on any atom is -0.504 e. The van der Waals surface area contributed by atoms with Crippen molar-refractivity contribution in [1.29, 1.82) is 0 Å². The summed E-state index contributed by atoms with van der Waals surface area (Å²) in [6.45, 7) is 3.97. The van der Waals surface area contributed by atoms with Gasteiger partial charge in [-0.3, -0.25) is 9.79 Å². The topological polar surface area (TPSA) is 108 Å². The summed E-state index contributed by atoms with van der Waals surface area (Å²) in [5.41, 5.74) is 2.86. The zero-order chi connectivity index (χ0) is 21.3. The number of carbonyl (C=O) groups excluding carboxylic acids is 1. The van der Waals surface area contributed by atoms with E-state index in [9.17, 15) is 15.0 Å². The number of nitrogens with one attached hydrogen (secondary N) is 1. The fourth-order valence-corrected chi connectivity index (χ4v) is 3.88. The molecule has 0 bridgehead atoms. The molecule has 9 heteroatoms. The standard InChI is InChI=1S/C21H20N4O4S/c1-12(2)23-21-25(22-9-13-3-5-17(26)18(27)7-13)16(11-30-21)14-4-6-19-15(8-14)24-20(28)10-29-19/h3-9,11-12,26-27H,10H2,1-2H3,(H,24,28). The van der Waals surface area contributed by atoms with E-state index in [-0.39, 0.29) is 30.1 Å². The van der Waals surface area contributed by atoms with Crippen molar-refractivity contribution >= 4 is 29.1 Å². The monoisotopic (exact) mass is 424 g/mol. The summed E-state index contributed by atoms with van der Waals surface area (Å²) >= 11 is 1.45. The molecule has 3 N–H and O–H groups in total. The molecule has 1 amide bonds. The molecule has 0 unspecified atom stereocenters. The molecule has 2 heterocycles. The summed E-state index contributed by atoms with van der Waals surface area (Å²) in [6.07, 6.45) is 1.58. The first-order valence-corrected chi connectivity index (χ1v) is 10.2. The summed E-state index contributed by atoms with van der Waals surface area (Å²) < 4.78 is 7.14. The van der Waals surface area contributed by atoms with Crippen LogP contribution in [0.4, 0.5) is 5.69 Å². The van der Waals surface area contributed by atoms with Gasteiger partial charge in [-0.2, -0.15) is 5.10 Å². The summed E-state index contributed by atoms with van der Waals surface area (Å²) in [7, 11) is 0. The van der Waals surface area contributed by atoms with E-state index in [1.54, 1.807) is 17.0 Å². The second-order valence-electron chi connectivity index (χ2n) is 6.98. The first-order chi connectivity index (χ1) is 14.4. The highest BCUT2D eigenvalue weighted by Gasteiger charge is 2.18. The number of aromatic hydroxyl groups is 2. The van der Waals surface area contributed by atoms with Crippen LogP contribution >= 0.6 is 11.3 Å². The Morgan fingerprint density at radius 1 is 1.20 bits per heavy atom. The zero-order valence-corrected chi connectivity index (χ0v) is 17.2. The molecule has 0 saturated heterocycles. The predicted octanol–water partition coefficient (Wildman–Crippen LogP) is 3.15. The van der Waals surface area contributed by atoms with E-state index in [1.165, 1.54) is 23.5 Å². The molecule has 30 heavy (non-hydrogen) atoms. The third-order valence-electron chi connectivity index (χ3n) is 4.28. The lowest BCUT2D eigenvalue weighted by Crippen LogP contribution is -2.25. The van der Waals surface area contributed by atoms with Gasteiger partial charge in [-0.1, -0.05) is 0 Å². The second-order valence-corrected chi connectivity index (χ2v) is 7.82. The number of benzene rings is 2. The zero-order valence-electron chi connectivity index (χ0n) is 16.4. The van der Waals surface area contributed by atoms with Gasteiger partial charge in [-0.25, -0.2) is 4.68 Å². The highest BCUT2D eigenvalue weighted by molar-refractivity contribution is 7.07. The number of fused-ring (bicyclic) bond motifs is 1. The molecule has 1 aliphatic heterocycles. The number of nitrogens with zero attached hydrogens (tertiary/aromatic N) is 3. The molecule has 0 atom stereocenters. The number of anilines is 1. The fraction of sp³-hybridized carbons (Fsp3) is 0.190. The van der Waals surface area contributed by atoms with Crippen LogP contribution in [0.3, 0.4) is 0 Å². The lowest BCUT2D eigenvalue weighted by molar-refractivity contribution is -0.118. The van der Waals surface area contributed by atoms with Crippen LogP contribution in [0.2, 0.25) is 0 Å². The van der Waals surface area contributed by atoms with E-state index in [1.807, 2.05) is 37.4 Å². The molecule has 0 aliphatic carbocycles. The number of aromatic nitrogens is 1. The normalized spacial score (nSPS) is 14.1. The van der Waals surface area contributed by atoms with Crippen molar-refractivity contribution < 1.29 is 19.7 Å². The SMILES string of the molecule is CC(C)N=c1scc(-c2ccc3c(c2)NC(=O)CO3)n1N=Cc1ccc(O)c(O)c1. The van der Waals surface area contributed by atoms with Crippen molar-refractivity contribution in [3.05, 3.63) is 52.1 Å². The highest BCUT2D eigenvalue weighted by Crippen LogP contribution is 2.33. The van der Waals surface area contributed by atoms with Gasteiger partial charge >= 0.3 is 0 Å². The van der Waals surface area contributed by atoms with E-state index in [4.69, 9.17) is 4.74 Å². The number of phenolic OH excluding ortho intramolecular Hbond substituents is 2. The number of carbonyl (C=O) groups is 1. The van der Waals surface area contributed by atoms with E-state index < -0.39 is 0 Å². The number of phenols is 2.